The number of rotatable bonds is 9. The lowest BCUT2D eigenvalue weighted by Gasteiger charge is -2.18. The maximum Gasteiger partial charge on any atom is 0.343 e. The number of esters is 1. The highest BCUT2D eigenvalue weighted by atomic mass is 16.5. The van der Waals surface area contributed by atoms with Crippen molar-refractivity contribution in [1.82, 2.24) is 10.7 Å². The van der Waals surface area contributed by atoms with Crippen molar-refractivity contribution in [2.75, 3.05) is 19.0 Å². The summed E-state index contributed by atoms with van der Waals surface area (Å²) in [5.41, 5.74) is 6.90. The van der Waals surface area contributed by atoms with E-state index in [-0.39, 0.29) is 11.1 Å². The van der Waals surface area contributed by atoms with Crippen molar-refractivity contribution in [2.45, 2.75) is 26.2 Å². The molecule has 0 aliphatic carbocycles. The van der Waals surface area contributed by atoms with Gasteiger partial charge in [0.25, 0.3) is 11.8 Å². The predicted octanol–water partition coefficient (Wildman–Crippen LogP) is 6.19. The quantitative estimate of drug-likeness (QED) is 0.0799. The molecule has 0 saturated heterocycles. The second-order valence-corrected chi connectivity index (χ2v) is 11.3. The van der Waals surface area contributed by atoms with Crippen molar-refractivity contribution in [1.29, 1.82) is 0 Å². The van der Waals surface area contributed by atoms with Crippen LogP contribution in [-0.2, 0) is 10.2 Å². The zero-order valence-electron chi connectivity index (χ0n) is 25.5. The number of amides is 2. The number of nitrogens with zero attached hydrogens (tertiary/aromatic N) is 2. The summed E-state index contributed by atoms with van der Waals surface area (Å²) in [5, 5.41) is 6.75. The van der Waals surface area contributed by atoms with Gasteiger partial charge in [-0.05, 0) is 88.8 Å². The molecule has 224 valence electrons. The molecular formula is C36H36N4O4. The molecule has 0 aliphatic heterocycles. The first-order valence-electron chi connectivity index (χ1n) is 14.1. The molecule has 0 bridgehead atoms. The number of carbonyl (C=O) groups is 3. The van der Waals surface area contributed by atoms with Crippen LogP contribution >= 0.6 is 0 Å². The zero-order chi connectivity index (χ0) is 31.7. The second-order valence-electron chi connectivity index (χ2n) is 11.3. The molecule has 2 amide bonds. The van der Waals surface area contributed by atoms with Gasteiger partial charge in [-0.3, -0.25) is 9.59 Å². The molecule has 0 fully saturated rings. The van der Waals surface area contributed by atoms with Crippen LogP contribution in [0, 0.1) is 0 Å². The highest BCUT2D eigenvalue weighted by Gasteiger charge is 2.16. The Kier molecular flexibility index (Phi) is 10.1. The van der Waals surface area contributed by atoms with Gasteiger partial charge in [0.05, 0.1) is 11.8 Å². The van der Waals surface area contributed by atoms with Gasteiger partial charge < -0.3 is 15.0 Å². The molecule has 8 nitrogen and oxygen atoms in total. The van der Waals surface area contributed by atoms with Crippen LogP contribution < -0.4 is 20.4 Å². The molecule has 44 heavy (non-hydrogen) atoms. The molecule has 0 heterocycles. The number of anilines is 1. The van der Waals surface area contributed by atoms with Crippen molar-refractivity contribution < 1.29 is 19.1 Å². The summed E-state index contributed by atoms with van der Waals surface area (Å²) in [6, 6.07) is 30.3. The van der Waals surface area contributed by atoms with Gasteiger partial charge in [0.2, 0.25) is 0 Å². The average Bonchev–Trinajstić information content (AvgIpc) is 3.01. The van der Waals surface area contributed by atoms with Crippen LogP contribution in [0.1, 0.15) is 58.2 Å². The summed E-state index contributed by atoms with van der Waals surface area (Å²) < 4.78 is 5.50. The lowest BCUT2D eigenvalue weighted by atomic mass is 9.87. The first-order chi connectivity index (χ1) is 21.0. The highest BCUT2D eigenvalue weighted by molar-refractivity contribution is 6.05. The molecule has 0 aromatic heterocycles. The van der Waals surface area contributed by atoms with Crippen molar-refractivity contribution >= 4 is 35.8 Å². The highest BCUT2D eigenvalue weighted by Crippen LogP contribution is 2.23. The Labute approximate surface area is 258 Å². The summed E-state index contributed by atoms with van der Waals surface area (Å²) in [5.74, 6) is -1.08. The fourth-order valence-corrected chi connectivity index (χ4v) is 4.10. The van der Waals surface area contributed by atoms with Crippen LogP contribution in [0.25, 0.3) is 6.08 Å². The van der Waals surface area contributed by atoms with Gasteiger partial charge >= 0.3 is 5.97 Å². The third-order valence-corrected chi connectivity index (χ3v) is 6.71. The largest absolute Gasteiger partial charge is 0.423 e. The summed E-state index contributed by atoms with van der Waals surface area (Å²) in [4.78, 5) is 40.5. The third kappa shape index (κ3) is 8.75. The van der Waals surface area contributed by atoms with E-state index in [4.69, 9.17) is 4.74 Å². The monoisotopic (exact) mass is 588 g/mol. The van der Waals surface area contributed by atoms with E-state index in [0.717, 1.165) is 16.8 Å². The minimum Gasteiger partial charge on any atom is -0.423 e. The van der Waals surface area contributed by atoms with Crippen LogP contribution in [-0.4, -0.2) is 38.1 Å². The van der Waals surface area contributed by atoms with Gasteiger partial charge in [-0.2, -0.15) is 5.10 Å². The number of nitrogens with one attached hydrogen (secondary N) is 2. The van der Waals surface area contributed by atoms with Crippen molar-refractivity contribution in [3.63, 3.8) is 0 Å². The summed E-state index contributed by atoms with van der Waals surface area (Å²) in [6.45, 7) is 6.34. The van der Waals surface area contributed by atoms with E-state index in [1.165, 1.54) is 6.21 Å². The van der Waals surface area contributed by atoms with E-state index in [9.17, 15) is 14.4 Å². The standard InChI is InChI=1S/C36H36N4O4/c1-36(2,3)29-17-15-28(16-18-29)35(43)44-31-21-13-26(14-22-31)24-37-39-34(42)32(38-33(41)27-9-7-6-8-10-27)23-25-11-19-30(20-12-25)40(4)5/h6-24H,1-5H3,(H,38,41)(H,39,42)/b32-23+,37-24-. The number of hydrazone groups is 1. The fourth-order valence-electron chi connectivity index (χ4n) is 4.10. The molecule has 2 N–H and O–H groups in total. The van der Waals surface area contributed by atoms with Crippen LogP contribution in [0.5, 0.6) is 5.75 Å². The van der Waals surface area contributed by atoms with Crippen molar-refractivity contribution in [2.24, 2.45) is 5.10 Å². The predicted molar refractivity (Wildman–Crippen MR) is 175 cm³/mol. The van der Waals surface area contributed by atoms with Crippen LogP contribution in [0.2, 0.25) is 0 Å². The molecule has 0 radical (unpaired) electrons. The van der Waals surface area contributed by atoms with E-state index < -0.39 is 17.8 Å². The van der Waals surface area contributed by atoms with E-state index in [0.29, 0.717) is 22.4 Å². The maximum absolute atomic E-state index is 13.1. The Morgan fingerprint density at radius 1 is 0.750 bits per heavy atom. The number of carbonyl (C=O) groups excluding carboxylic acids is 3. The minimum atomic E-state index is -0.592. The lowest BCUT2D eigenvalue weighted by molar-refractivity contribution is -0.117. The summed E-state index contributed by atoms with van der Waals surface area (Å²) in [6.07, 6.45) is 3.04. The minimum absolute atomic E-state index is 0.00845. The average molecular weight is 589 g/mol. The zero-order valence-corrected chi connectivity index (χ0v) is 25.5. The molecule has 0 aliphatic rings. The van der Waals surface area contributed by atoms with Crippen LogP contribution in [0.4, 0.5) is 5.69 Å². The SMILES string of the molecule is CN(C)c1ccc(/C=C(/NC(=O)c2ccccc2)C(=O)N/N=C\c2ccc(OC(=O)c3ccc(C(C)(C)C)cc3)cc2)cc1. The smallest absolute Gasteiger partial charge is 0.343 e. The molecule has 4 aromatic rings. The van der Waals surface area contributed by atoms with Gasteiger partial charge in [0.15, 0.2) is 0 Å². The van der Waals surface area contributed by atoms with Crippen molar-refractivity contribution in [3.05, 3.63) is 137 Å². The Bertz CT molecular complexity index is 1650. The molecule has 4 aromatic carbocycles. The Morgan fingerprint density at radius 3 is 1.95 bits per heavy atom. The van der Waals surface area contributed by atoms with Crippen LogP contribution in [0.3, 0.4) is 0 Å². The first kappa shape index (κ1) is 31.4. The lowest BCUT2D eigenvalue weighted by Crippen LogP contribution is -2.32. The molecule has 4 rings (SSSR count). The van der Waals surface area contributed by atoms with Gasteiger partial charge in [-0.1, -0.05) is 63.2 Å². The van der Waals surface area contributed by atoms with Crippen molar-refractivity contribution in [3.8, 4) is 5.75 Å². The molecule has 0 saturated carbocycles. The van der Waals surface area contributed by atoms with E-state index in [1.807, 2.05) is 61.5 Å². The van der Waals surface area contributed by atoms with Gasteiger partial charge in [0, 0.05) is 25.3 Å². The Hall–Kier alpha value is -5.50. The van der Waals surface area contributed by atoms with E-state index in [1.54, 1.807) is 66.7 Å². The van der Waals surface area contributed by atoms with E-state index >= 15 is 0 Å². The molecule has 0 unspecified atom stereocenters. The number of hydrogen-bond acceptors (Lipinski definition) is 6. The van der Waals surface area contributed by atoms with Gasteiger partial charge in [0.1, 0.15) is 11.4 Å². The van der Waals surface area contributed by atoms with Crippen LogP contribution in [0.15, 0.2) is 114 Å². The number of hydrogen-bond donors (Lipinski definition) is 2. The topological polar surface area (TPSA) is 100 Å². The molecule has 0 atom stereocenters. The number of ether oxygens (including phenoxy) is 1. The van der Waals surface area contributed by atoms with E-state index in [2.05, 4.69) is 36.6 Å². The maximum atomic E-state index is 13.1. The fraction of sp³-hybridized carbons (Fsp3) is 0.167. The van der Waals surface area contributed by atoms with Gasteiger partial charge in [-0.25, -0.2) is 10.2 Å². The normalized spacial score (nSPS) is 11.6. The third-order valence-electron chi connectivity index (χ3n) is 6.71. The Balaban J connectivity index is 1.41. The van der Waals surface area contributed by atoms with Gasteiger partial charge in [-0.15, -0.1) is 0 Å². The first-order valence-corrected chi connectivity index (χ1v) is 14.1. The molecule has 0 spiro atoms. The molecule has 8 heteroatoms. The Morgan fingerprint density at radius 2 is 1.36 bits per heavy atom. The summed E-state index contributed by atoms with van der Waals surface area (Å²) in [7, 11) is 3.88. The summed E-state index contributed by atoms with van der Waals surface area (Å²) >= 11 is 0. The molecular weight excluding hydrogens is 552 g/mol. The second kappa shape index (κ2) is 14.1. The number of benzene rings is 4.